The zero-order valence-electron chi connectivity index (χ0n) is 11.6. The molecule has 1 aliphatic carbocycles. The van der Waals surface area contributed by atoms with Crippen molar-refractivity contribution < 1.29 is 4.79 Å². The third kappa shape index (κ3) is 2.94. The maximum Gasteiger partial charge on any atom is 0.239 e. The van der Waals surface area contributed by atoms with Crippen LogP contribution in [0.1, 0.15) is 35.2 Å². The monoisotopic (exact) mass is 300 g/mol. The number of nitrogens with one attached hydrogen (secondary N) is 1. The lowest BCUT2D eigenvalue weighted by molar-refractivity contribution is -0.120. The summed E-state index contributed by atoms with van der Waals surface area (Å²) in [6.45, 7) is 0. The summed E-state index contributed by atoms with van der Waals surface area (Å²) in [7, 11) is 0. The Balaban J connectivity index is 1.85. The van der Waals surface area contributed by atoms with Crippen LogP contribution in [0.4, 0.5) is 0 Å². The number of aryl methyl sites for hydroxylation is 1. The zero-order chi connectivity index (χ0) is 14.8. The third-order valence-electron chi connectivity index (χ3n) is 3.97. The van der Waals surface area contributed by atoms with E-state index < -0.39 is 6.04 Å². The first-order valence-electron chi connectivity index (χ1n) is 7.04. The molecule has 1 amide bonds. The number of amides is 1. The van der Waals surface area contributed by atoms with E-state index in [2.05, 4.69) is 5.32 Å². The van der Waals surface area contributed by atoms with Crippen molar-refractivity contribution in [3.63, 3.8) is 0 Å². The molecule has 21 heavy (non-hydrogen) atoms. The van der Waals surface area contributed by atoms with Gasteiger partial charge in [0.05, 0.1) is 0 Å². The van der Waals surface area contributed by atoms with Crippen LogP contribution in [0.25, 0.3) is 0 Å². The molecule has 0 aromatic heterocycles. The fraction of sp³-hybridized carbons (Fsp3) is 0.235. The van der Waals surface area contributed by atoms with Gasteiger partial charge in [-0.2, -0.15) is 0 Å². The molecule has 1 aliphatic rings. The van der Waals surface area contributed by atoms with Crippen molar-refractivity contribution in [3.05, 3.63) is 70.2 Å². The predicted octanol–water partition coefficient (Wildman–Crippen LogP) is 3.14. The van der Waals surface area contributed by atoms with Gasteiger partial charge in [0, 0.05) is 11.1 Å². The van der Waals surface area contributed by atoms with Crippen LogP contribution >= 0.6 is 11.6 Å². The van der Waals surface area contributed by atoms with Crippen LogP contribution in [-0.2, 0) is 11.2 Å². The number of fused-ring (bicyclic) bond motifs is 1. The molecule has 0 unspecified atom stereocenters. The predicted molar refractivity (Wildman–Crippen MR) is 84.0 cm³/mol. The van der Waals surface area contributed by atoms with E-state index in [1.807, 2.05) is 48.5 Å². The van der Waals surface area contributed by atoms with Gasteiger partial charge in [0.25, 0.3) is 0 Å². The maximum atomic E-state index is 11.8. The molecule has 3 nitrogen and oxygen atoms in total. The van der Waals surface area contributed by atoms with Gasteiger partial charge in [-0.25, -0.2) is 0 Å². The minimum Gasteiger partial charge on any atom is -0.368 e. The highest BCUT2D eigenvalue weighted by Crippen LogP contribution is 2.34. The molecule has 2 aromatic rings. The first-order valence-corrected chi connectivity index (χ1v) is 7.41. The topological polar surface area (TPSA) is 55.1 Å². The molecule has 4 heteroatoms. The van der Waals surface area contributed by atoms with Gasteiger partial charge in [0.2, 0.25) is 5.91 Å². The van der Waals surface area contributed by atoms with E-state index >= 15 is 0 Å². The SMILES string of the molecule is NC(=O)[C@@H](N[C@H]1CCc2cc(Cl)ccc21)c1ccccc1. The van der Waals surface area contributed by atoms with E-state index in [1.165, 1.54) is 11.1 Å². The van der Waals surface area contributed by atoms with Crippen LogP contribution in [0.3, 0.4) is 0 Å². The van der Waals surface area contributed by atoms with Crippen molar-refractivity contribution in [2.24, 2.45) is 5.73 Å². The molecule has 0 bridgehead atoms. The van der Waals surface area contributed by atoms with Gasteiger partial charge in [-0.15, -0.1) is 0 Å². The molecule has 3 N–H and O–H groups in total. The molecule has 108 valence electrons. The van der Waals surface area contributed by atoms with Gasteiger partial charge in [-0.3, -0.25) is 10.1 Å². The van der Waals surface area contributed by atoms with Crippen LogP contribution in [0, 0.1) is 0 Å². The average Bonchev–Trinajstić information content (AvgIpc) is 2.87. The second kappa shape index (κ2) is 5.88. The third-order valence-corrected chi connectivity index (χ3v) is 4.20. The number of hydrogen-bond donors (Lipinski definition) is 2. The molecular formula is C17H17ClN2O. The number of rotatable bonds is 4. The van der Waals surface area contributed by atoms with Crippen LogP contribution < -0.4 is 11.1 Å². The smallest absolute Gasteiger partial charge is 0.239 e. The largest absolute Gasteiger partial charge is 0.368 e. The minimum absolute atomic E-state index is 0.134. The fourth-order valence-electron chi connectivity index (χ4n) is 2.95. The quantitative estimate of drug-likeness (QED) is 0.911. The first kappa shape index (κ1) is 14.1. The number of nitrogens with two attached hydrogens (primary N) is 1. The summed E-state index contributed by atoms with van der Waals surface area (Å²) in [6.07, 6.45) is 1.92. The highest BCUT2D eigenvalue weighted by molar-refractivity contribution is 6.30. The van der Waals surface area contributed by atoms with E-state index in [9.17, 15) is 4.79 Å². The van der Waals surface area contributed by atoms with Crippen molar-refractivity contribution in [1.82, 2.24) is 5.32 Å². The molecule has 0 radical (unpaired) electrons. The second-order valence-electron chi connectivity index (χ2n) is 5.35. The normalized spacial score (nSPS) is 18.2. The Morgan fingerprint density at radius 3 is 2.71 bits per heavy atom. The van der Waals surface area contributed by atoms with Crippen LogP contribution in [-0.4, -0.2) is 5.91 Å². The standard InChI is InChI=1S/C17H17ClN2O/c18-13-7-8-14-12(10-13)6-9-15(14)20-16(17(19)21)11-4-2-1-3-5-11/h1-5,7-8,10,15-16,20H,6,9H2,(H2,19,21)/t15-,16-/m0/s1. The second-order valence-corrected chi connectivity index (χ2v) is 5.78. The molecule has 2 aromatic carbocycles. The molecule has 0 saturated heterocycles. The Labute approximate surface area is 129 Å². The molecule has 0 fully saturated rings. The summed E-state index contributed by atoms with van der Waals surface area (Å²) < 4.78 is 0. The lowest BCUT2D eigenvalue weighted by Crippen LogP contribution is -2.35. The Morgan fingerprint density at radius 1 is 1.24 bits per heavy atom. The number of primary amides is 1. The number of carbonyl (C=O) groups is 1. The van der Waals surface area contributed by atoms with Crippen molar-refractivity contribution in [1.29, 1.82) is 0 Å². The maximum absolute atomic E-state index is 11.8. The minimum atomic E-state index is -0.474. The fourth-order valence-corrected chi connectivity index (χ4v) is 3.14. The Kier molecular flexibility index (Phi) is 3.95. The molecule has 0 saturated carbocycles. The van der Waals surface area contributed by atoms with Crippen molar-refractivity contribution in [2.45, 2.75) is 24.9 Å². The molecular weight excluding hydrogens is 284 g/mol. The van der Waals surface area contributed by atoms with Crippen molar-refractivity contribution >= 4 is 17.5 Å². The Bertz CT molecular complexity index is 657. The first-order chi connectivity index (χ1) is 10.1. The molecule has 3 rings (SSSR count). The van der Waals surface area contributed by atoms with E-state index in [-0.39, 0.29) is 11.9 Å². The summed E-state index contributed by atoms with van der Waals surface area (Å²) in [5.41, 5.74) is 8.92. The van der Waals surface area contributed by atoms with Gasteiger partial charge in [-0.05, 0) is 41.7 Å². The van der Waals surface area contributed by atoms with Gasteiger partial charge < -0.3 is 5.73 Å². The van der Waals surface area contributed by atoms with Gasteiger partial charge in [-0.1, -0.05) is 48.0 Å². The highest BCUT2D eigenvalue weighted by atomic mass is 35.5. The van der Waals surface area contributed by atoms with Gasteiger partial charge >= 0.3 is 0 Å². The number of benzene rings is 2. The van der Waals surface area contributed by atoms with Crippen molar-refractivity contribution in [2.75, 3.05) is 0 Å². The average molecular weight is 301 g/mol. The summed E-state index contributed by atoms with van der Waals surface area (Å²) in [5.74, 6) is -0.358. The Hall–Kier alpha value is -1.84. The van der Waals surface area contributed by atoms with Gasteiger partial charge in [0.15, 0.2) is 0 Å². The van der Waals surface area contributed by atoms with Gasteiger partial charge in [0.1, 0.15) is 6.04 Å². The Morgan fingerprint density at radius 2 is 2.00 bits per heavy atom. The number of hydrogen-bond acceptors (Lipinski definition) is 2. The van der Waals surface area contributed by atoms with Crippen LogP contribution in [0.15, 0.2) is 48.5 Å². The molecule has 0 spiro atoms. The molecule has 2 atom stereocenters. The van der Waals surface area contributed by atoms with Crippen LogP contribution in [0.2, 0.25) is 5.02 Å². The van der Waals surface area contributed by atoms with Crippen molar-refractivity contribution in [3.8, 4) is 0 Å². The lowest BCUT2D eigenvalue weighted by Gasteiger charge is -2.21. The van der Waals surface area contributed by atoms with E-state index in [4.69, 9.17) is 17.3 Å². The summed E-state index contributed by atoms with van der Waals surface area (Å²) in [4.78, 5) is 11.8. The highest BCUT2D eigenvalue weighted by Gasteiger charge is 2.27. The van der Waals surface area contributed by atoms with E-state index in [0.717, 1.165) is 23.4 Å². The van der Waals surface area contributed by atoms with E-state index in [1.54, 1.807) is 0 Å². The molecule has 0 heterocycles. The lowest BCUT2D eigenvalue weighted by atomic mass is 10.0. The zero-order valence-corrected chi connectivity index (χ0v) is 12.3. The number of carbonyl (C=O) groups excluding carboxylic acids is 1. The summed E-state index contributed by atoms with van der Waals surface area (Å²) in [6, 6.07) is 15.2. The van der Waals surface area contributed by atoms with E-state index in [0.29, 0.717) is 0 Å². The molecule has 0 aliphatic heterocycles. The summed E-state index contributed by atoms with van der Waals surface area (Å²) >= 11 is 6.03. The van der Waals surface area contributed by atoms with Crippen LogP contribution in [0.5, 0.6) is 0 Å². The number of halogens is 1. The summed E-state index contributed by atoms with van der Waals surface area (Å²) in [5, 5.41) is 4.14.